The van der Waals surface area contributed by atoms with Gasteiger partial charge in [0.05, 0.1) is 46.2 Å². The van der Waals surface area contributed by atoms with Gasteiger partial charge in [0.1, 0.15) is 0 Å². The monoisotopic (exact) mass is 474 g/mol. The summed E-state index contributed by atoms with van der Waals surface area (Å²) in [5.74, 6) is 0.686. The van der Waals surface area contributed by atoms with Gasteiger partial charge in [-0.3, -0.25) is 13.8 Å². The van der Waals surface area contributed by atoms with Gasteiger partial charge in [0.2, 0.25) is 0 Å². The van der Waals surface area contributed by atoms with Crippen LogP contribution in [0.3, 0.4) is 0 Å². The molecule has 7 nitrogen and oxygen atoms in total. The summed E-state index contributed by atoms with van der Waals surface area (Å²) in [5.41, 5.74) is 5.79. The van der Waals surface area contributed by atoms with Crippen molar-refractivity contribution in [3.8, 4) is 11.3 Å². The van der Waals surface area contributed by atoms with E-state index < -0.39 is 10.1 Å². The molecule has 174 valence electrons. The van der Waals surface area contributed by atoms with Crippen LogP contribution in [0.25, 0.3) is 22.3 Å². The zero-order valence-electron chi connectivity index (χ0n) is 19.0. The highest BCUT2D eigenvalue weighted by Gasteiger charge is 2.36. The molecular formula is C26H26N4O3S. The van der Waals surface area contributed by atoms with E-state index in [4.69, 9.17) is 14.3 Å². The summed E-state index contributed by atoms with van der Waals surface area (Å²) in [6.07, 6.45) is 7.93. The predicted molar refractivity (Wildman–Crippen MR) is 129 cm³/mol. The van der Waals surface area contributed by atoms with Crippen molar-refractivity contribution in [2.24, 2.45) is 5.92 Å². The molecule has 0 saturated heterocycles. The minimum absolute atomic E-state index is 0.197. The molecule has 2 aromatic carbocycles. The van der Waals surface area contributed by atoms with E-state index in [1.807, 2.05) is 42.1 Å². The Morgan fingerprint density at radius 2 is 1.76 bits per heavy atom. The lowest BCUT2D eigenvalue weighted by Crippen LogP contribution is -2.31. The predicted octanol–water partition coefficient (Wildman–Crippen LogP) is 5.04. The van der Waals surface area contributed by atoms with Crippen LogP contribution in [0.15, 0.2) is 65.8 Å². The van der Waals surface area contributed by atoms with Crippen LogP contribution in [-0.4, -0.2) is 34.8 Å². The smallest absolute Gasteiger partial charge is 0.269 e. The molecule has 2 aromatic heterocycles. The number of aromatic nitrogens is 4. The van der Waals surface area contributed by atoms with Crippen molar-refractivity contribution < 1.29 is 12.6 Å². The van der Waals surface area contributed by atoms with Gasteiger partial charge >= 0.3 is 0 Å². The highest BCUT2D eigenvalue weighted by molar-refractivity contribution is 7.86. The molecule has 4 aromatic rings. The van der Waals surface area contributed by atoms with Crippen LogP contribution in [0.5, 0.6) is 0 Å². The number of para-hydroxylation sites is 2. The highest BCUT2D eigenvalue weighted by atomic mass is 32.2. The van der Waals surface area contributed by atoms with Gasteiger partial charge in [-0.05, 0) is 62.8 Å². The SMILES string of the molecule is Cc1ccc(S(=O)(=O)OC[C@H]2C[C@H](n3cc(-c4cnc5ccccc5n4)c(C4CC4)n3)C2)cc1. The molecule has 2 aliphatic rings. The Kier molecular flexibility index (Phi) is 5.22. The first-order valence-electron chi connectivity index (χ1n) is 11.7. The fourth-order valence-corrected chi connectivity index (χ4v) is 5.52. The summed E-state index contributed by atoms with van der Waals surface area (Å²) in [6, 6.07) is 14.9. The topological polar surface area (TPSA) is 87.0 Å². The Balaban J connectivity index is 1.15. The second-order valence-corrected chi connectivity index (χ2v) is 11.1. The lowest BCUT2D eigenvalue weighted by atomic mass is 9.81. The van der Waals surface area contributed by atoms with Gasteiger partial charge in [0, 0.05) is 17.7 Å². The van der Waals surface area contributed by atoms with E-state index in [-0.39, 0.29) is 23.5 Å². The molecule has 0 radical (unpaired) electrons. The van der Waals surface area contributed by atoms with Gasteiger partial charge < -0.3 is 0 Å². The van der Waals surface area contributed by atoms with E-state index >= 15 is 0 Å². The Bertz CT molecular complexity index is 1450. The first kappa shape index (κ1) is 21.4. The molecule has 2 heterocycles. The van der Waals surface area contributed by atoms with Crippen LogP contribution in [0, 0.1) is 12.8 Å². The minimum Gasteiger partial charge on any atom is -0.269 e. The van der Waals surface area contributed by atoms with Crippen LogP contribution in [0.1, 0.15) is 48.9 Å². The Labute approximate surface area is 198 Å². The van der Waals surface area contributed by atoms with Gasteiger partial charge in [0.15, 0.2) is 0 Å². The third-order valence-electron chi connectivity index (χ3n) is 6.80. The van der Waals surface area contributed by atoms with Crippen molar-refractivity contribution in [2.45, 2.75) is 49.5 Å². The second-order valence-electron chi connectivity index (χ2n) is 9.47. The molecule has 6 rings (SSSR count). The quantitative estimate of drug-likeness (QED) is 0.349. The summed E-state index contributed by atoms with van der Waals surface area (Å²) in [7, 11) is -3.73. The van der Waals surface area contributed by atoms with Crippen molar-refractivity contribution in [3.05, 3.63) is 72.2 Å². The van der Waals surface area contributed by atoms with Crippen LogP contribution in [0.2, 0.25) is 0 Å². The van der Waals surface area contributed by atoms with Crippen molar-refractivity contribution >= 4 is 21.2 Å². The maximum atomic E-state index is 12.5. The van der Waals surface area contributed by atoms with E-state index in [1.54, 1.807) is 24.3 Å². The summed E-state index contributed by atoms with van der Waals surface area (Å²) in [6.45, 7) is 2.13. The largest absolute Gasteiger partial charge is 0.296 e. The molecule has 0 amide bonds. The second kappa shape index (κ2) is 8.29. The lowest BCUT2D eigenvalue weighted by molar-refractivity contribution is 0.120. The molecule has 34 heavy (non-hydrogen) atoms. The molecule has 2 saturated carbocycles. The average Bonchev–Trinajstić information content (AvgIpc) is 3.57. The third-order valence-corrected chi connectivity index (χ3v) is 8.10. The van der Waals surface area contributed by atoms with Crippen LogP contribution in [-0.2, 0) is 14.3 Å². The van der Waals surface area contributed by atoms with E-state index in [0.717, 1.165) is 59.2 Å². The van der Waals surface area contributed by atoms with E-state index in [2.05, 4.69) is 11.2 Å². The van der Waals surface area contributed by atoms with E-state index in [9.17, 15) is 8.42 Å². The van der Waals surface area contributed by atoms with Crippen LogP contribution in [0.4, 0.5) is 0 Å². The minimum atomic E-state index is -3.73. The lowest BCUT2D eigenvalue weighted by Gasteiger charge is -2.34. The van der Waals surface area contributed by atoms with Crippen molar-refractivity contribution in [1.82, 2.24) is 19.7 Å². The van der Waals surface area contributed by atoms with Gasteiger partial charge in [-0.1, -0.05) is 29.8 Å². The number of nitrogens with zero attached hydrogens (tertiary/aromatic N) is 4. The molecule has 2 aliphatic carbocycles. The molecule has 0 spiro atoms. The fraction of sp³-hybridized carbons (Fsp3) is 0.346. The van der Waals surface area contributed by atoms with Crippen molar-refractivity contribution in [3.63, 3.8) is 0 Å². The van der Waals surface area contributed by atoms with Crippen molar-refractivity contribution in [1.29, 1.82) is 0 Å². The Hall–Kier alpha value is -3.10. The van der Waals surface area contributed by atoms with Gasteiger partial charge in [-0.25, -0.2) is 4.98 Å². The highest BCUT2D eigenvalue weighted by Crippen LogP contribution is 2.45. The van der Waals surface area contributed by atoms with Gasteiger partial charge in [-0.2, -0.15) is 13.5 Å². The first-order valence-corrected chi connectivity index (χ1v) is 13.1. The average molecular weight is 475 g/mol. The van der Waals surface area contributed by atoms with Crippen LogP contribution >= 0.6 is 0 Å². The number of hydrogen-bond donors (Lipinski definition) is 0. The number of fused-ring (bicyclic) bond motifs is 1. The van der Waals surface area contributed by atoms with Crippen molar-refractivity contribution in [2.75, 3.05) is 6.61 Å². The maximum absolute atomic E-state index is 12.5. The zero-order valence-corrected chi connectivity index (χ0v) is 19.8. The van der Waals surface area contributed by atoms with E-state index in [1.165, 1.54) is 0 Å². The molecule has 0 unspecified atom stereocenters. The number of benzene rings is 2. The van der Waals surface area contributed by atoms with Gasteiger partial charge in [-0.15, -0.1) is 0 Å². The molecule has 0 aliphatic heterocycles. The standard InChI is InChI=1S/C26H26N4O3S/c1-17-6-10-21(11-7-17)34(31,32)33-16-18-12-20(13-18)30-15-22(26(29-30)19-8-9-19)25-14-27-23-4-2-3-5-24(23)28-25/h2-7,10-11,14-15,18-20H,8-9,12-13,16H2,1H3/t18-,20-. The maximum Gasteiger partial charge on any atom is 0.296 e. The normalized spacial score (nSPS) is 20.4. The summed E-state index contributed by atoms with van der Waals surface area (Å²) in [5, 5.41) is 4.94. The number of hydrogen-bond acceptors (Lipinski definition) is 6. The summed E-state index contributed by atoms with van der Waals surface area (Å²) in [4.78, 5) is 9.62. The zero-order chi connectivity index (χ0) is 23.3. The molecule has 2 fully saturated rings. The number of aryl methyl sites for hydroxylation is 1. The summed E-state index contributed by atoms with van der Waals surface area (Å²) < 4.78 is 32.3. The van der Waals surface area contributed by atoms with E-state index in [0.29, 0.717) is 5.92 Å². The van der Waals surface area contributed by atoms with Gasteiger partial charge in [0.25, 0.3) is 10.1 Å². The number of rotatable bonds is 7. The molecular weight excluding hydrogens is 448 g/mol. The molecule has 0 atom stereocenters. The fourth-order valence-electron chi connectivity index (χ4n) is 4.55. The molecule has 8 heteroatoms. The third kappa shape index (κ3) is 4.12. The Morgan fingerprint density at radius 3 is 2.50 bits per heavy atom. The Morgan fingerprint density at radius 1 is 1.03 bits per heavy atom. The summed E-state index contributed by atoms with van der Waals surface area (Å²) >= 11 is 0. The first-order chi connectivity index (χ1) is 16.5. The molecule has 0 N–H and O–H groups in total. The molecule has 0 bridgehead atoms. The van der Waals surface area contributed by atoms with Crippen LogP contribution < -0.4 is 0 Å².